The first-order valence-electron chi connectivity index (χ1n) is 14.3. The summed E-state index contributed by atoms with van der Waals surface area (Å²) in [7, 11) is 0. The van der Waals surface area contributed by atoms with Crippen molar-refractivity contribution < 1.29 is 28.7 Å². The fraction of sp³-hybridized carbons (Fsp3) is 0.500. The number of nitrogens with two attached hydrogens (primary N) is 1. The lowest BCUT2D eigenvalue weighted by atomic mass is 10.1. The van der Waals surface area contributed by atoms with Gasteiger partial charge in [-0.1, -0.05) is 31.5 Å². The summed E-state index contributed by atoms with van der Waals surface area (Å²) < 4.78 is 10.6. The Morgan fingerprint density at radius 1 is 1.21 bits per heavy atom. The molecule has 1 saturated heterocycles. The number of rotatable bonds is 12. The van der Waals surface area contributed by atoms with Gasteiger partial charge >= 0.3 is 6.09 Å². The van der Waals surface area contributed by atoms with E-state index in [1.165, 1.54) is 22.7 Å². The summed E-state index contributed by atoms with van der Waals surface area (Å²) in [5, 5.41) is 17.2. The van der Waals surface area contributed by atoms with Crippen LogP contribution in [-0.2, 0) is 25.7 Å². The Bertz CT molecular complexity index is 1200. The Hall–Kier alpha value is -3.97. The zero-order chi connectivity index (χ0) is 31.8. The highest BCUT2D eigenvalue weighted by Crippen LogP contribution is 2.23. The molecule has 6 N–H and O–H groups in total. The van der Waals surface area contributed by atoms with Crippen LogP contribution < -0.4 is 26.4 Å². The fourth-order valence-electron chi connectivity index (χ4n) is 4.07. The van der Waals surface area contributed by atoms with Crippen molar-refractivity contribution in [3.05, 3.63) is 52.2 Å². The molecule has 1 aliphatic rings. The van der Waals surface area contributed by atoms with Gasteiger partial charge in [0.15, 0.2) is 0 Å². The lowest BCUT2D eigenvalue weighted by Gasteiger charge is -2.23. The minimum absolute atomic E-state index is 0.0127. The van der Waals surface area contributed by atoms with Crippen LogP contribution in [0.3, 0.4) is 0 Å². The molecule has 2 aromatic rings. The molecule has 3 rings (SSSR count). The number of likely N-dealkylation sites (tertiary alicyclic amines) is 1. The van der Waals surface area contributed by atoms with Gasteiger partial charge in [-0.05, 0) is 64.3 Å². The van der Waals surface area contributed by atoms with Crippen LogP contribution >= 0.6 is 11.3 Å². The second kappa shape index (κ2) is 17.9. The fourth-order valence-corrected chi connectivity index (χ4v) is 4.89. The Kier molecular flexibility index (Phi) is 14.6. The lowest BCUT2D eigenvalue weighted by molar-refractivity contribution is -0.138. The molecular weight excluding hydrogens is 572 g/mol. The molecule has 4 amide bonds. The Morgan fingerprint density at radius 2 is 1.93 bits per heavy atom. The molecule has 0 bridgehead atoms. The first kappa shape index (κ1) is 35.2. The van der Waals surface area contributed by atoms with Crippen LogP contribution in [0.2, 0.25) is 0 Å². The van der Waals surface area contributed by atoms with E-state index in [0.29, 0.717) is 31.5 Å². The number of thiophene rings is 1. The van der Waals surface area contributed by atoms with Crippen LogP contribution in [0.5, 0.6) is 5.75 Å². The second-order valence-electron chi connectivity index (χ2n) is 10.9. The molecular formula is C30H44N6O6S. The number of amidine groups is 1. The van der Waals surface area contributed by atoms with Gasteiger partial charge < -0.3 is 30.7 Å². The van der Waals surface area contributed by atoms with Crippen LogP contribution in [0.15, 0.2) is 41.8 Å². The van der Waals surface area contributed by atoms with E-state index in [4.69, 9.17) is 20.6 Å². The van der Waals surface area contributed by atoms with E-state index in [9.17, 15) is 19.2 Å². The van der Waals surface area contributed by atoms with Crippen molar-refractivity contribution in [3.8, 4) is 5.75 Å². The summed E-state index contributed by atoms with van der Waals surface area (Å²) >= 11 is 1.33. The van der Waals surface area contributed by atoms with E-state index in [1.807, 2.05) is 30.3 Å². The molecule has 0 radical (unpaired) electrons. The molecule has 2 heterocycles. The summed E-state index contributed by atoms with van der Waals surface area (Å²) in [6, 6.07) is 11.0. The minimum atomic E-state index is -0.715. The predicted octanol–water partition coefficient (Wildman–Crippen LogP) is 3.00. The zero-order valence-corrected chi connectivity index (χ0v) is 26.1. The van der Waals surface area contributed by atoms with Crippen molar-refractivity contribution in [2.75, 3.05) is 26.2 Å². The Labute approximate surface area is 257 Å². The molecule has 236 valence electrons. The third-order valence-corrected chi connectivity index (χ3v) is 7.13. The number of amides is 4. The van der Waals surface area contributed by atoms with Gasteiger partial charge in [0.2, 0.25) is 18.2 Å². The Morgan fingerprint density at radius 3 is 2.56 bits per heavy atom. The molecule has 0 saturated carbocycles. The van der Waals surface area contributed by atoms with Crippen molar-refractivity contribution >= 4 is 41.5 Å². The molecule has 2 unspecified atom stereocenters. The number of para-hydroxylation sites is 1. The van der Waals surface area contributed by atoms with Crippen molar-refractivity contribution in [2.45, 2.75) is 65.1 Å². The summed E-state index contributed by atoms with van der Waals surface area (Å²) in [6.07, 6.45) is 2.50. The molecule has 1 aromatic heterocycles. The quantitative estimate of drug-likeness (QED) is 0.105. The molecule has 13 heteroatoms. The molecule has 2 atom stereocenters. The third-order valence-electron chi connectivity index (χ3n) is 6.20. The van der Waals surface area contributed by atoms with Crippen LogP contribution in [0.1, 0.15) is 57.4 Å². The Balaban J connectivity index is 0.000000490. The maximum absolute atomic E-state index is 12.7. The summed E-state index contributed by atoms with van der Waals surface area (Å²) in [5.41, 5.74) is 5.55. The van der Waals surface area contributed by atoms with E-state index in [2.05, 4.69) is 22.9 Å². The van der Waals surface area contributed by atoms with Gasteiger partial charge in [-0.3, -0.25) is 25.1 Å². The number of ether oxygens (including phenoxy) is 2. The van der Waals surface area contributed by atoms with Crippen molar-refractivity contribution in [2.24, 2.45) is 11.7 Å². The molecule has 0 aliphatic carbocycles. The van der Waals surface area contributed by atoms with Crippen molar-refractivity contribution in [1.82, 2.24) is 20.9 Å². The van der Waals surface area contributed by atoms with Crippen molar-refractivity contribution in [3.63, 3.8) is 0 Å². The number of hydrogen-bond donors (Lipinski definition) is 5. The number of hydrogen-bond acceptors (Lipinski definition) is 9. The first-order chi connectivity index (χ1) is 20.5. The maximum atomic E-state index is 12.7. The lowest BCUT2D eigenvalue weighted by Crippen LogP contribution is -2.48. The number of benzene rings is 1. The molecule has 1 aromatic carbocycles. The van der Waals surface area contributed by atoms with E-state index >= 15 is 0 Å². The first-order valence-corrected chi connectivity index (χ1v) is 15.1. The van der Waals surface area contributed by atoms with Gasteiger partial charge in [-0.15, -0.1) is 11.3 Å². The second-order valence-corrected chi connectivity index (χ2v) is 11.9. The van der Waals surface area contributed by atoms with Gasteiger partial charge in [0.1, 0.15) is 23.2 Å². The van der Waals surface area contributed by atoms with Crippen LogP contribution in [0.25, 0.3) is 0 Å². The number of alkyl carbamates (subject to hydrolysis) is 1. The van der Waals surface area contributed by atoms with Gasteiger partial charge in [0.25, 0.3) is 0 Å². The number of carbonyl (C=O) groups excluding carboxylic acids is 4. The minimum Gasteiger partial charge on any atom is -0.494 e. The molecule has 43 heavy (non-hydrogen) atoms. The van der Waals surface area contributed by atoms with Crippen LogP contribution in [0, 0.1) is 11.3 Å². The standard InChI is InChI=1S/C20H30N6O5S.C10H14O/c1-20(2,3)31-19(30)25-17(22)13-5-14(32-10-13)7-24-18(29)15-4-12(6-21)9-26(15)16(28)8-23-11-27;1-2-3-9-11-10-7-5-4-6-8-10/h5,10-12,15H,4,6-9,21H2,1-3H3,(H,23,27)(H,24,29)(H2,22,25,30);4-8H,2-3,9H2,1H3. The highest BCUT2D eigenvalue weighted by atomic mass is 32.1. The highest BCUT2D eigenvalue weighted by Gasteiger charge is 2.38. The normalized spacial score (nSPS) is 15.9. The van der Waals surface area contributed by atoms with Gasteiger partial charge in [0.05, 0.1) is 19.7 Å². The zero-order valence-electron chi connectivity index (χ0n) is 25.3. The van der Waals surface area contributed by atoms with E-state index in [-0.39, 0.29) is 36.7 Å². The van der Waals surface area contributed by atoms with E-state index in [0.717, 1.165) is 23.7 Å². The van der Waals surface area contributed by atoms with E-state index in [1.54, 1.807) is 32.2 Å². The molecule has 1 fully saturated rings. The van der Waals surface area contributed by atoms with Crippen molar-refractivity contribution in [1.29, 1.82) is 5.41 Å². The average Bonchev–Trinajstić information content (AvgIpc) is 3.62. The number of nitrogens with zero attached hydrogens (tertiary/aromatic N) is 1. The van der Waals surface area contributed by atoms with Gasteiger partial charge in [-0.2, -0.15) is 0 Å². The van der Waals surface area contributed by atoms with Crippen LogP contribution in [0.4, 0.5) is 4.79 Å². The highest BCUT2D eigenvalue weighted by molar-refractivity contribution is 7.10. The molecule has 0 spiro atoms. The van der Waals surface area contributed by atoms with Gasteiger partial charge in [0, 0.05) is 22.4 Å². The number of unbranched alkanes of at least 4 members (excludes halogenated alkanes) is 1. The summed E-state index contributed by atoms with van der Waals surface area (Å²) in [6.45, 7) is 8.95. The molecule has 12 nitrogen and oxygen atoms in total. The topological polar surface area (TPSA) is 176 Å². The monoisotopic (exact) mass is 616 g/mol. The predicted molar refractivity (Wildman–Crippen MR) is 166 cm³/mol. The third kappa shape index (κ3) is 12.8. The summed E-state index contributed by atoms with van der Waals surface area (Å²) in [4.78, 5) is 49.6. The number of nitrogens with one attached hydrogen (secondary N) is 4. The molecule has 1 aliphatic heterocycles. The summed E-state index contributed by atoms with van der Waals surface area (Å²) in [5.74, 6) is 0.235. The van der Waals surface area contributed by atoms with Crippen LogP contribution in [-0.4, -0.2) is 72.9 Å². The van der Waals surface area contributed by atoms with E-state index < -0.39 is 17.7 Å². The largest absolute Gasteiger partial charge is 0.494 e. The SMILES string of the molecule is CC(C)(C)OC(=O)NC(=N)c1csc(CNC(=O)C2CC(CN)CN2C(=O)CNC=O)c1.CCCCOc1ccccc1. The smallest absolute Gasteiger partial charge is 0.413 e. The van der Waals surface area contributed by atoms with Gasteiger partial charge in [-0.25, -0.2) is 4.79 Å². The number of carbonyl (C=O) groups is 4. The average molecular weight is 617 g/mol. The maximum Gasteiger partial charge on any atom is 0.413 e.